The van der Waals surface area contributed by atoms with E-state index in [0.29, 0.717) is 16.8 Å². The Balaban J connectivity index is 1.51. The van der Waals surface area contributed by atoms with E-state index in [1.807, 2.05) is 0 Å². The van der Waals surface area contributed by atoms with Crippen molar-refractivity contribution in [2.75, 3.05) is 11.9 Å². The van der Waals surface area contributed by atoms with Crippen molar-refractivity contribution in [3.8, 4) is 11.8 Å². The molecule has 9 nitrogen and oxygen atoms in total. The summed E-state index contributed by atoms with van der Waals surface area (Å²) in [6, 6.07) is 15.2. The van der Waals surface area contributed by atoms with Crippen molar-refractivity contribution >= 4 is 23.4 Å². The van der Waals surface area contributed by atoms with E-state index in [1.54, 1.807) is 36.4 Å². The first-order valence-electron chi connectivity index (χ1n) is 11.8. The number of hydrogen-bond donors (Lipinski definition) is 6. The number of benzene rings is 3. The molecule has 202 valence electrons. The molecule has 0 spiro atoms. The van der Waals surface area contributed by atoms with Crippen LogP contribution < -0.4 is 21.4 Å². The molecule has 0 fully saturated rings. The van der Waals surface area contributed by atoms with Crippen LogP contribution in [-0.4, -0.2) is 46.7 Å². The molecule has 3 aromatic rings. The number of halogens is 2. The van der Waals surface area contributed by atoms with Gasteiger partial charge in [-0.1, -0.05) is 17.9 Å². The van der Waals surface area contributed by atoms with Gasteiger partial charge in [-0.15, -0.1) is 0 Å². The van der Waals surface area contributed by atoms with E-state index in [4.69, 9.17) is 5.21 Å². The highest BCUT2D eigenvalue weighted by molar-refractivity contribution is 5.97. The van der Waals surface area contributed by atoms with Crippen LogP contribution in [0.3, 0.4) is 0 Å². The molecule has 2 atom stereocenters. The van der Waals surface area contributed by atoms with Crippen LogP contribution in [0.15, 0.2) is 66.7 Å². The number of aliphatic hydroxyl groups is 1. The minimum absolute atomic E-state index is 0.130. The molecule has 11 heteroatoms. The zero-order valence-corrected chi connectivity index (χ0v) is 20.8. The van der Waals surface area contributed by atoms with Crippen LogP contribution in [0.4, 0.5) is 14.5 Å². The van der Waals surface area contributed by atoms with Crippen molar-refractivity contribution in [1.29, 1.82) is 0 Å². The van der Waals surface area contributed by atoms with Gasteiger partial charge >= 0.3 is 0 Å². The normalized spacial score (nSPS) is 11.9. The Hall–Kier alpha value is -4.63. The molecule has 0 radical (unpaired) electrons. The lowest BCUT2D eigenvalue weighted by Crippen LogP contribution is -2.51. The van der Waals surface area contributed by atoms with Crippen LogP contribution in [0.2, 0.25) is 0 Å². The molecule has 0 saturated heterocycles. The van der Waals surface area contributed by atoms with Crippen molar-refractivity contribution in [3.05, 3.63) is 101 Å². The summed E-state index contributed by atoms with van der Waals surface area (Å²) in [5.41, 5.74) is 3.28. The average molecular weight is 537 g/mol. The number of anilines is 1. The Bertz CT molecular complexity index is 1360. The third-order valence-corrected chi connectivity index (χ3v) is 5.48. The second kappa shape index (κ2) is 13.8. The molecular formula is C28H26F2N4O5. The van der Waals surface area contributed by atoms with Crippen LogP contribution in [0.25, 0.3) is 0 Å². The Morgan fingerprint density at radius 1 is 0.897 bits per heavy atom. The summed E-state index contributed by atoms with van der Waals surface area (Å²) in [5.74, 6) is 2.60. The topological polar surface area (TPSA) is 140 Å². The second-order valence-electron chi connectivity index (χ2n) is 8.42. The molecule has 0 saturated carbocycles. The van der Waals surface area contributed by atoms with Crippen molar-refractivity contribution in [1.82, 2.24) is 16.1 Å². The first-order chi connectivity index (χ1) is 18.7. The maximum atomic E-state index is 13.6. The van der Waals surface area contributed by atoms with Gasteiger partial charge in [0.05, 0.1) is 12.6 Å². The summed E-state index contributed by atoms with van der Waals surface area (Å²) < 4.78 is 27.3. The quantitative estimate of drug-likeness (QED) is 0.141. The summed E-state index contributed by atoms with van der Waals surface area (Å²) in [6.45, 7) is 1.03. The van der Waals surface area contributed by atoms with Crippen LogP contribution in [0.5, 0.6) is 0 Å². The maximum Gasteiger partial charge on any atom is 0.268 e. The number of hydrogen-bond acceptors (Lipinski definition) is 6. The molecule has 39 heavy (non-hydrogen) atoms. The van der Waals surface area contributed by atoms with Crippen LogP contribution in [0, 0.1) is 23.5 Å². The molecule has 6 N–H and O–H groups in total. The molecule has 0 aromatic heterocycles. The van der Waals surface area contributed by atoms with Gasteiger partial charge < -0.3 is 21.1 Å². The highest BCUT2D eigenvalue weighted by Gasteiger charge is 2.25. The maximum absolute atomic E-state index is 13.6. The van der Waals surface area contributed by atoms with E-state index in [2.05, 4.69) is 27.8 Å². The smallest absolute Gasteiger partial charge is 0.268 e. The highest BCUT2D eigenvalue weighted by atomic mass is 19.1. The molecule has 0 aliphatic rings. The fraction of sp³-hybridized carbons (Fsp3) is 0.179. The minimum Gasteiger partial charge on any atom is -0.391 e. The lowest BCUT2D eigenvalue weighted by atomic mass is 10.1. The predicted octanol–water partition coefficient (Wildman–Crippen LogP) is 2.08. The van der Waals surface area contributed by atoms with Gasteiger partial charge in [-0.05, 0) is 67.6 Å². The molecule has 3 rings (SSSR count). The van der Waals surface area contributed by atoms with Crippen LogP contribution in [0.1, 0.15) is 34.0 Å². The Morgan fingerprint density at radius 3 is 2.00 bits per heavy atom. The number of rotatable bonds is 9. The van der Waals surface area contributed by atoms with Gasteiger partial charge in [0.15, 0.2) is 0 Å². The molecule has 0 aliphatic heterocycles. The Morgan fingerprint density at radius 2 is 1.46 bits per heavy atom. The number of amides is 3. The van der Waals surface area contributed by atoms with Crippen molar-refractivity contribution in [2.45, 2.75) is 25.6 Å². The molecule has 2 unspecified atom stereocenters. The highest BCUT2D eigenvalue weighted by Crippen LogP contribution is 2.12. The number of carbonyl (C=O) groups is 3. The number of nitrogens with one attached hydrogen (secondary N) is 4. The van der Waals surface area contributed by atoms with E-state index in [1.165, 1.54) is 30.6 Å². The first kappa shape index (κ1) is 28.9. The zero-order valence-electron chi connectivity index (χ0n) is 20.8. The third-order valence-electron chi connectivity index (χ3n) is 5.48. The lowest BCUT2D eigenvalue weighted by Gasteiger charge is -2.19. The van der Waals surface area contributed by atoms with Gasteiger partial charge in [-0.3, -0.25) is 19.6 Å². The molecular weight excluding hydrogens is 510 g/mol. The Kier molecular flexibility index (Phi) is 10.2. The van der Waals surface area contributed by atoms with Crippen LogP contribution >= 0.6 is 0 Å². The van der Waals surface area contributed by atoms with Gasteiger partial charge in [0.1, 0.15) is 17.7 Å². The summed E-state index contributed by atoms with van der Waals surface area (Å²) in [7, 11) is 0. The largest absolute Gasteiger partial charge is 0.391 e. The van der Waals surface area contributed by atoms with Crippen molar-refractivity contribution in [2.24, 2.45) is 0 Å². The molecule has 0 bridgehead atoms. The fourth-order valence-electron chi connectivity index (χ4n) is 3.39. The summed E-state index contributed by atoms with van der Waals surface area (Å²) >= 11 is 0. The summed E-state index contributed by atoms with van der Waals surface area (Å²) in [4.78, 5) is 36.0. The van der Waals surface area contributed by atoms with Crippen molar-refractivity contribution in [3.63, 3.8) is 0 Å². The monoisotopic (exact) mass is 536 g/mol. The molecule has 0 heterocycles. The van der Waals surface area contributed by atoms with Gasteiger partial charge in [0.25, 0.3) is 11.8 Å². The predicted molar refractivity (Wildman–Crippen MR) is 138 cm³/mol. The lowest BCUT2D eigenvalue weighted by molar-refractivity contribution is -0.133. The first-order valence-corrected chi connectivity index (χ1v) is 11.8. The number of aliphatic hydroxyl groups excluding tert-OH is 1. The standard InChI is InChI=1S/C28H26F2N4O5/c1-17(35)26(28(38)34-39)33-27(37)20-11-7-18(8-12-20)5-6-19-9-13-21(14-10-19)32-25(36)16-31-15-22-23(29)3-2-4-24(22)30/h2-4,7-14,17,26,31,35,39H,15-16H2,1H3,(H,32,36)(H,33,37)(H,34,38). The fourth-order valence-corrected chi connectivity index (χ4v) is 3.39. The molecule has 3 amide bonds. The average Bonchev–Trinajstić information content (AvgIpc) is 2.92. The van der Waals surface area contributed by atoms with Gasteiger partial charge in [-0.2, -0.15) is 0 Å². The summed E-state index contributed by atoms with van der Waals surface area (Å²) in [6.07, 6.45) is -1.22. The minimum atomic E-state index is -1.32. The zero-order chi connectivity index (χ0) is 28.4. The molecule has 0 aliphatic carbocycles. The van der Waals surface area contributed by atoms with E-state index in [0.717, 1.165) is 12.1 Å². The number of carbonyl (C=O) groups excluding carboxylic acids is 3. The van der Waals surface area contributed by atoms with Gasteiger partial charge in [0.2, 0.25) is 5.91 Å². The van der Waals surface area contributed by atoms with Crippen molar-refractivity contribution < 1.29 is 33.5 Å². The van der Waals surface area contributed by atoms with Crippen LogP contribution in [-0.2, 0) is 16.1 Å². The van der Waals surface area contributed by atoms with Gasteiger partial charge in [-0.25, -0.2) is 14.3 Å². The number of hydroxylamine groups is 1. The summed E-state index contributed by atoms with van der Waals surface area (Å²) in [5, 5.41) is 26.1. The Labute approximate surface area is 223 Å². The second-order valence-corrected chi connectivity index (χ2v) is 8.42. The molecule has 3 aromatic carbocycles. The van der Waals surface area contributed by atoms with E-state index in [-0.39, 0.29) is 30.1 Å². The third kappa shape index (κ3) is 8.44. The van der Waals surface area contributed by atoms with Gasteiger partial charge in [0, 0.05) is 34.5 Å². The van der Waals surface area contributed by atoms with E-state index < -0.39 is 35.6 Å². The van der Waals surface area contributed by atoms with E-state index >= 15 is 0 Å². The van der Waals surface area contributed by atoms with E-state index in [9.17, 15) is 28.3 Å². The SMILES string of the molecule is CC(O)C(NC(=O)c1ccc(C#Cc2ccc(NC(=O)CNCc3c(F)cccc3F)cc2)cc1)C(=O)NO.